The molecule has 36 heavy (non-hydrogen) atoms. The van der Waals surface area contributed by atoms with E-state index in [1.807, 2.05) is 26.8 Å². The third-order valence-electron chi connectivity index (χ3n) is 9.65. The first-order valence-corrected chi connectivity index (χ1v) is 13.5. The van der Waals surface area contributed by atoms with Crippen LogP contribution in [0.5, 0.6) is 0 Å². The number of allylic oxidation sites excluding steroid dienone is 4. The molecule has 0 bridgehead atoms. The second kappa shape index (κ2) is 9.39. The summed E-state index contributed by atoms with van der Waals surface area (Å²) in [6, 6.07) is 0. The number of Topliss-reactive ketones (excluding diaryl/α,β-unsaturated/α-hetero) is 1. The van der Waals surface area contributed by atoms with Gasteiger partial charge in [-0.1, -0.05) is 46.3 Å². The first kappa shape index (κ1) is 27.1. The van der Waals surface area contributed by atoms with Crippen molar-refractivity contribution in [2.45, 2.75) is 83.8 Å². The molecule has 8 heteroatoms. The van der Waals surface area contributed by atoms with E-state index >= 15 is 0 Å². The fourth-order valence-electron chi connectivity index (χ4n) is 8.04. The molecule has 4 aliphatic rings. The minimum absolute atomic E-state index is 0.0767. The van der Waals surface area contributed by atoms with E-state index in [9.17, 15) is 24.3 Å². The largest absolute Gasteiger partial charge is 0.457 e. The zero-order valence-corrected chi connectivity index (χ0v) is 22.5. The molecule has 4 rings (SSSR count). The van der Waals surface area contributed by atoms with Crippen LogP contribution in [0.2, 0.25) is 0 Å². The number of hydrogen-bond donors (Lipinski definition) is 1. The van der Waals surface area contributed by atoms with Crippen molar-refractivity contribution in [3.05, 3.63) is 23.8 Å². The summed E-state index contributed by atoms with van der Waals surface area (Å²) in [7, 11) is 0. The number of rotatable bonds is 6. The zero-order chi connectivity index (χ0) is 26.6. The molecule has 1 unspecified atom stereocenters. The first-order chi connectivity index (χ1) is 16.9. The molecule has 3 fully saturated rings. The van der Waals surface area contributed by atoms with Crippen LogP contribution in [0, 0.1) is 34.5 Å². The number of fused-ring (bicyclic) bond motifs is 5. The molecule has 0 spiro atoms. The van der Waals surface area contributed by atoms with Crippen LogP contribution in [0.1, 0.15) is 66.7 Å². The third-order valence-corrected chi connectivity index (χ3v) is 10.1. The Morgan fingerprint density at radius 2 is 1.83 bits per heavy atom. The maximum absolute atomic E-state index is 13.9. The van der Waals surface area contributed by atoms with Crippen LogP contribution in [0.25, 0.3) is 0 Å². The van der Waals surface area contributed by atoms with Crippen LogP contribution in [-0.2, 0) is 28.7 Å². The molecule has 198 valence electrons. The van der Waals surface area contributed by atoms with Crippen molar-refractivity contribution < 1.29 is 33.8 Å². The number of aliphatic hydroxyl groups is 1. The molecule has 3 saturated carbocycles. The Hall–Kier alpha value is -1.99. The molecular formula is C28H37ClO7. The lowest BCUT2D eigenvalue weighted by Crippen LogP contribution is -2.65. The highest BCUT2D eigenvalue weighted by Crippen LogP contribution is 2.69. The summed E-state index contributed by atoms with van der Waals surface area (Å²) in [5.74, 6) is -2.44. The number of halogens is 1. The Balaban J connectivity index is 1.79. The molecule has 0 saturated heterocycles. The second-order valence-electron chi connectivity index (χ2n) is 11.4. The molecule has 9 atom stereocenters. The average Bonchev–Trinajstić information content (AvgIpc) is 3.04. The number of esters is 2. The van der Waals surface area contributed by atoms with Gasteiger partial charge in [0.25, 0.3) is 0 Å². The minimum Gasteiger partial charge on any atom is -0.457 e. The normalized spacial score (nSPS) is 43.1. The van der Waals surface area contributed by atoms with Gasteiger partial charge in [-0.3, -0.25) is 19.2 Å². The van der Waals surface area contributed by atoms with Crippen LogP contribution in [0.4, 0.5) is 0 Å². The summed E-state index contributed by atoms with van der Waals surface area (Å²) < 4.78 is 11.3. The molecule has 0 aromatic rings. The van der Waals surface area contributed by atoms with Gasteiger partial charge in [-0.15, -0.1) is 11.6 Å². The maximum atomic E-state index is 13.9. The standard InChI is InChI=1S/C28H37ClO7/c1-6-22(33)35-14-21(32)28(36-23(34)7-2)15(3)10-18-24-19(29)12-16-11-17(30)8-9-26(16,4)25(24)20(31)13-27(18,28)5/h8-9,11,15,18-20,24-25,31H,6-7,10,12-14H2,1-5H3/t15-,18+,19-,20+,24?,25+,26+,27+,28+/m1/s1. The SMILES string of the molecule is CCC(=O)OCC(=O)[C@@]1(OC(=O)CC)[C@H](C)C[C@H]2C3[C@H](Cl)CC4=CC(=O)C=C[C@]4(C)[C@H]3[C@@H](O)C[C@@]21C. The van der Waals surface area contributed by atoms with Crippen molar-refractivity contribution in [2.24, 2.45) is 34.5 Å². The fourth-order valence-corrected chi connectivity index (χ4v) is 8.54. The lowest BCUT2D eigenvalue weighted by Gasteiger charge is -2.61. The highest BCUT2D eigenvalue weighted by Gasteiger charge is 2.73. The van der Waals surface area contributed by atoms with E-state index in [4.69, 9.17) is 21.1 Å². The molecule has 0 aliphatic heterocycles. The Bertz CT molecular complexity index is 1030. The predicted molar refractivity (Wildman–Crippen MR) is 133 cm³/mol. The lowest BCUT2D eigenvalue weighted by atomic mass is 9.46. The van der Waals surface area contributed by atoms with Gasteiger partial charge >= 0.3 is 11.9 Å². The van der Waals surface area contributed by atoms with Crippen molar-refractivity contribution >= 4 is 35.1 Å². The van der Waals surface area contributed by atoms with Gasteiger partial charge in [0.1, 0.15) is 0 Å². The molecule has 0 amide bonds. The van der Waals surface area contributed by atoms with E-state index in [0.29, 0.717) is 12.8 Å². The van der Waals surface area contributed by atoms with Gasteiger partial charge in [0.05, 0.1) is 6.10 Å². The molecule has 0 radical (unpaired) electrons. The Morgan fingerprint density at radius 3 is 2.47 bits per heavy atom. The van der Waals surface area contributed by atoms with Gasteiger partial charge in [-0.05, 0) is 43.3 Å². The number of alkyl halides is 1. The van der Waals surface area contributed by atoms with Crippen LogP contribution >= 0.6 is 11.6 Å². The molecule has 0 heterocycles. The molecule has 0 aromatic carbocycles. The molecule has 1 N–H and O–H groups in total. The van der Waals surface area contributed by atoms with Crippen molar-refractivity contribution in [3.63, 3.8) is 0 Å². The van der Waals surface area contributed by atoms with Gasteiger partial charge in [-0.2, -0.15) is 0 Å². The Labute approximate surface area is 217 Å². The summed E-state index contributed by atoms with van der Waals surface area (Å²) >= 11 is 7.04. The number of carbonyl (C=O) groups is 4. The van der Waals surface area contributed by atoms with Crippen LogP contribution in [0.3, 0.4) is 0 Å². The maximum Gasteiger partial charge on any atom is 0.306 e. The van der Waals surface area contributed by atoms with Crippen LogP contribution in [0.15, 0.2) is 23.8 Å². The predicted octanol–water partition coefficient (Wildman–Crippen LogP) is 3.94. The lowest BCUT2D eigenvalue weighted by molar-refractivity contribution is -0.205. The van der Waals surface area contributed by atoms with Gasteiger partial charge in [-0.25, -0.2) is 0 Å². The monoisotopic (exact) mass is 520 g/mol. The summed E-state index contributed by atoms with van der Waals surface area (Å²) in [6.45, 7) is 8.69. The van der Waals surface area contributed by atoms with E-state index in [1.165, 1.54) is 0 Å². The van der Waals surface area contributed by atoms with Crippen LogP contribution < -0.4 is 0 Å². The van der Waals surface area contributed by atoms with Crippen LogP contribution in [-0.4, -0.2) is 52.3 Å². The van der Waals surface area contributed by atoms with Gasteiger partial charge in [0.2, 0.25) is 5.78 Å². The van der Waals surface area contributed by atoms with E-state index in [0.717, 1.165) is 5.57 Å². The summed E-state index contributed by atoms with van der Waals surface area (Å²) in [6.07, 6.45) is 5.79. The summed E-state index contributed by atoms with van der Waals surface area (Å²) in [4.78, 5) is 50.5. The van der Waals surface area contributed by atoms with Crippen molar-refractivity contribution in [1.29, 1.82) is 0 Å². The number of carbonyl (C=O) groups excluding carboxylic acids is 4. The number of ketones is 2. The van der Waals surface area contributed by atoms with E-state index in [2.05, 4.69) is 0 Å². The molecule has 0 aromatic heterocycles. The molecule has 4 aliphatic carbocycles. The quantitative estimate of drug-likeness (QED) is 0.417. The number of ether oxygens (including phenoxy) is 2. The van der Waals surface area contributed by atoms with Crippen molar-refractivity contribution in [3.8, 4) is 0 Å². The van der Waals surface area contributed by atoms with E-state index in [-0.39, 0.29) is 54.1 Å². The minimum atomic E-state index is -1.54. The summed E-state index contributed by atoms with van der Waals surface area (Å²) in [5, 5.41) is 11.4. The van der Waals surface area contributed by atoms with Crippen molar-refractivity contribution in [1.82, 2.24) is 0 Å². The summed E-state index contributed by atoms with van der Waals surface area (Å²) in [5.41, 5.74) is -2.06. The second-order valence-corrected chi connectivity index (χ2v) is 12.0. The zero-order valence-electron chi connectivity index (χ0n) is 21.7. The number of aliphatic hydroxyl groups excluding tert-OH is 1. The topological polar surface area (TPSA) is 107 Å². The smallest absolute Gasteiger partial charge is 0.306 e. The first-order valence-electron chi connectivity index (χ1n) is 13.0. The van der Waals surface area contributed by atoms with Gasteiger partial charge in [0.15, 0.2) is 18.0 Å². The average molecular weight is 521 g/mol. The highest BCUT2D eigenvalue weighted by atomic mass is 35.5. The van der Waals surface area contributed by atoms with E-state index < -0.39 is 46.9 Å². The number of hydrogen-bond acceptors (Lipinski definition) is 7. The third kappa shape index (κ3) is 3.80. The molecular weight excluding hydrogens is 484 g/mol. The van der Waals surface area contributed by atoms with Gasteiger partial charge < -0.3 is 14.6 Å². The highest BCUT2D eigenvalue weighted by molar-refractivity contribution is 6.21. The van der Waals surface area contributed by atoms with E-state index in [1.54, 1.807) is 26.0 Å². The Morgan fingerprint density at radius 1 is 1.17 bits per heavy atom. The fraction of sp³-hybridized carbons (Fsp3) is 0.714. The van der Waals surface area contributed by atoms with Crippen molar-refractivity contribution in [2.75, 3.05) is 6.61 Å². The Kier molecular flexibility index (Phi) is 7.06. The molecule has 7 nitrogen and oxygen atoms in total. The van der Waals surface area contributed by atoms with Gasteiger partial charge in [0, 0.05) is 40.9 Å².